The molecule has 1 amide bonds. The molecule has 1 aromatic heterocycles. The fourth-order valence-electron chi connectivity index (χ4n) is 1.76. The fraction of sp³-hybridized carbons (Fsp3) is 0.500. The van der Waals surface area contributed by atoms with Gasteiger partial charge in [0.25, 0.3) is 5.91 Å². The van der Waals surface area contributed by atoms with Gasteiger partial charge in [0.1, 0.15) is 5.15 Å². The van der Waals surface area contributed by atoms with Gasteiger partial charge in [-0.1, -0.05) is 25.4 Å². The highest BCUT2D eigenvalue weighted by Gasteiger charge is 2.20. The zero-order valence-electron chi connectivity index (χ0n) is 11.9. The number of carbonyl (C=O) groups excluding carboxylic acids is 2. The Morgan fingerprint density at radius 3 is 2.70 bits per heavy atom. The van der Waals surface area contributed by atoms with E-state index in [1.807, 2.05) is 13.8 Å². The molecular formula is C14H19ClN2O3. The number of carbonyl (C=O) groups is 2. The topological polar surface area (TPSA) is 59.5 Å². The van der Waals surface area contributed by atoms with Crippen molar-refractivity contribution in [2.75, 3.05) is 20.2 Å². The molecule has 0 aliphatic rings. The third kappa shape index (κ3) is 4.81. The zero-order chi connectivity index (χ0) is 15.1. The van der Waals surface area contributed by atoms with Crippen LogP contribution in [0, 0.1) is 5.92 Å². The third-order valence-corrected chi connectivity index (χ3v) is 2.98. The van der Waals surface area contributed by atoms with Crippen LogP contribution in [0.25, 0.3) is 0 Å². The van der Waals surface area contributed by atoms with Gasteiger partial charge in [0.05, 0.1) is 19.1 Å². The van der Waals surface area contributed by atoms with Gasteiger partial charge in [-0.05, 0) is 18.1 Å². The van der Waals surface area contributed by atoms with E-state index in [9.17, 15) is 9.59 Å². The molecule has 1 heterocycles. The van der Waals surface area contributed by atoms with E-state index in [1.54, 1.807) is 17.0 Å². The summed E-state index contributed by atoms with van der Waals surface area (Å²) in [5.74, 6) is -0.281. The summed E-state index contributed by atoms with van der Waals surface area (Å²) in [5.41, 5.74) is 0.347. The number of esters is 1. The van der Waals surface area contributed by atoms with Crippen LogP contribution in [-0.2, 0) is 9.53 Å². The summed E-state index contributed by atoms with van der Waals surface area (Å²) >= 11 is 5.94. The molecule has 0 saturated heterocycles. The van der Waals surface area contributed by atoms with Crippen molar-refractivity contribution in [2.24, 2.45) is 5.92 Å². The summed E-state index contributed by atoms with van der Waals surface area (Å²) in [4.78, 5) is 29.2. The van der Waals surface area contributed by atoms with Gasteiger partial charge in [0, 0.05) is 19.3 Å². The first-order chi connectivity index (χ1) is 9.45. The number of rotatable bonds is 6. The quantitative estimate of drug-likeness (QED) is 0.598. The average molecular weight is 299 g/mol. The van der Waals surface area contributed by atoms with Gasteiger partial charge >= 0.3 is 5.97 Å². The molecular weight excluding hydrogens is 280 g/mol. The largest absolute Gasteiger partial charge is 0.469 e. The van der Waals surface area contributed by atoms with E-state index in [-0.39, 0.29) is 29.4 Å². The van der Waals surface area contributed by atoms with Gasteiger partial charge in [-0.25, -0.2) is 4.98 Å². The standard InChI is InChI=1S/C14H19ClN2O3/c1-10(2)9-17(8-6-12(18)20-3)14(19)11-5-4-7-16-13(11)15/h4-5,7,10H,6,8-9H2,1-3H3. The minimum atomic E-state index is -0.344. The number of halogens is 1. The Morgan fingerprint density at radius 1 is 1.45 bits per heavy atom. The second kappa shape index (κ2) is 7.85. The first-order valence-electron chi connectivity index (χ1n) is 6.42. The van der Waals surface area contributed by atoms with Gasteiger partial charge in [0.2, 0.25) is 0 Å². The van der Waals surface area contributed by atoms with Crippen LogP contribution in [0.15, 0.2) is 18.3 Å². The van der Waals surface area contributed by atoms with Crippen molar-refractivity contribution in [2.45, 2.75) is 20.3 Å². The Kier molecular flexibility index (Phi) is 6.45. The number of aromatic nitrogens is 1. The number of nitrogens with zero attached hydrogens (tertiary/aromatic N) is 2. The van der Waals surface area contributed by atoms with Crippen LogP contribution < -0.4 is 0 Å². The molecule has 110 valence electrons. The van der Waals surface area contributed by atoms with E-state index in [4.69, 9.17) is 11.6 Å². The van der Waals surface area contributed by atoms with Crippen LogP contribution in [0.2, 0.25) is 5.15 Å². The Balaban J connectivity index is 2.84. The summed E-state index contributed by atoms with van der Waals surface area (Å²) in [7, 11) is 1.33. The van der Waals surface area contributed by atoms with Gasteiger partial charge in [-0.15, -0.1) is 0 Å². The Morgan fingerprint density at radius 2 is 2.15 bits per heavy atom. The number of ether oxygens (including phenoxy) is 1. The smallest absolute Gasteiger partial charge is 0.307 e. The van der Waals surface area contributed by atoms with E-state index >= 15 is 0 Å². The molecule has 0 atom stereocenters. The van der Waals surface area contributed by atoms with E-state index in [2.05, 4.69) is 9.72 Å². The van der Waals surface area contributed by atoms with Gasteiger partial charge in [-0.2, -0.15) is 0 Å². The summed E-state index contributed by atoms with van der Waals surface area (Å²) in [6, 6.07) is 3.29. The first kappa shape index (κ1) is 16.4. The number of amides is 1. The van der Waals surface area contributed by atoms with E-state index in [0.29, 0.717) is 18.7 Å². The summed E-state index contributed by atoms with van der Waals surface area (Å²) in [6.45, 7) is 4.85. The van der Waals surface area contributed by atoms with Crippen LogP contribution in [0.5, 0.6) is 0 Å². The number of hydrogen-bond acceptors (Lipinski definition) is 4. The van der Waals surface area contributed by atoms with Crippen molar-refractivity contribution in [1.82, 2.24) is 9.88 Å². The lowest BCUT2D eigenvalue weighted by atomic mass is 10.1. The van der Waals surface area contributed by atoms with E-state index < -0.39 is 0 Å². The minimum absolute atomic E-state index is 0.160. The molecule has 0 unspecified atom stereocenters. The van der Waals surface area contributed by atoms with Crippen molar-refractivity contribution in [3.63, 3.8) is 0 Å². The Labute approximate surface area is 123 Å². The molecule has 0 fully saturated rings. The summed E-state index contributed by atoms with van der Waals surface area (Å²) < 4.78 is 4.60. The molecule has 5 nitrogen and oxygen atoms in total. The highest BCUT2D eigenvalue weighted by Crippen LogP contribution is 2.15. The molecule has 0 saturated carbocycles. The lowest BCUT2D eigenvalue weighted by molar-refractivity contribution is -0.140. The molecule has 1 aromatic rings. The van der Waals surface area contributed by atoms with Crippen molar-refractivity contribution >= 4 is 23.5 Å². The molecule has 0 N–H and O–H groups in total. The number of hydrogen-bond donors (Lipinski definition) is 0. The van der Waals surface area contributed by atoms with E-state index in [0.717, 1.165) is 0 Å². The van der Waals surface area contributed by atoms with Crippen molar-refractivity contribution in [3.05, 3.63) is 29.0 Å². The van der Waals surface area contributed by atoms with Crippen molar-refractivity contribution in [1.29, 1.82) is 0 Å². The maximum atomic E-state index is 12.5. The Bertz CT molecular complexity index is 477. The molecule has 1 rings (SSSR count). The lowest BCUT2D eigenvalue weighted by Gasteiger charge is -2.24. The van der Waals surface area contributed by atoms with Crippen molar-refractivity contribution < 1.29 is 14.3 Å². The predicted octanol–water partition coefficient (Wildman–Crippen LogP) is 2.40. The SMILES string of the molecule is COC(=O)CCN(CC(C)C)C(=O)c1cccnc1Cl. The molecule has 0 aliphatic carbocycles. The predicted molar refractivity (Wildman–Crippen MR) is 76.6 cm³/mol. The third-order valence-electron chi connectivity index (χ3n) is 2.68. The second-order valence-corrected chi connectivity index (χ2v) is 5.17. The summed E-state index contributed by atoms with van der Waals surface area (Å²) in [6.07, 6.45) is 1.69. The monoisotopic (exact) mass is 298 g/mol. The lowest BCUT2D eigenvalue weighted by Crippen LogP contribution is -2.36. The van der Waals surface area contributed by atoms with Crippen LogP contribution >= 0.6 is 11.6 Å². The second-order valence-electron chi connectivity index (χ2n) is 4.81. The maximum absolute atomic E-state index is 12.5. The number of methoxy groups -OCH3 is 1. The molecule has 6 heteroatoms. The molecule has 20 heavy (non-hydrogen) atoms. The van der Waals surface area contributed by atoms with Crippen LogP contribution in [-0.4, -0.2) is 42.0 Å². The number of pyridine rings is 1. The Hall–Kier alpha value is -1.62. The van der Waals surface area contributed by atoms with Gasteiger partial charge in [-0.3, -0.25) is 9.59 Å². The molecule has 0 spiro atoms. The first-order valence-corrected chi connectivity index (χ1v) is 6.80. The van der Waals surface area contributed by atoms with Gasteiger partial charge in [0.15, 0.2) is 0 Å². The highest BCUT2D eigenvalue weighted by molar-refractivity contribution is 6.32. The minimum Gasteiger partial charge on any atom is -0.469 e. The van der Waals surface area contributed by atoms with Crippen LogP contribution in [0.1, 0.15) is 30.6 Å². The van der Waals surface area contributed by atoms with Crippen LogP contribution in [0.4, 0.5) is 0 Å². The maximum Gasteiger partial charge on any atom is 0.307 e. The van der Waals surface area contributed by atoms with E-state index in [1.165, 1.54) is 13.3 Å². The molecule has 0 bridgehead atoms. The van der Waals surface area contributed by atoms with Crippen molar-refractivity contribution in [3.8, 4) is 0 Å². The van der Waals surface area contributed by atoms with Gasteiger partial charge < -0.3 is 9.64 Å². The van der Waals surface area contributed by atoms with Crippen LogP contribution in [0.3, 0.4) is 0 Å². The zero-order valence-corrected chi connectivity index (χ0v) is 12.7. The normalized spacial score (nSPS) is 10.4. The fourth-order valence-corrected chi connectivity index (χ4v) is 1.96. The molecule has 0 aromatic carbocycles. The molecule has 0 aliphatic heterocycles. The average Bonchev–Trinajstić information content (AvgIpc) is 2.42. The highest BCUT2D eigenvalue weighted by atomic mass is 35.5. The molecule has 0 radical (unpaired) electrons. The summed E-state index contributed by atoms with van der Waals surface area (Å²) in [5, 5.41) is 0.171.